The van der Waals surface area contributed by atoms with Gasteiger partial charge < -0.3 is 10.6 Å². The first-order valence-electron chi connectivity index (χ1n) is 6.13. The highest BCUT2D eigenvalue weighted by Gasteiger charge is 2.58. The summed E-state index contributed by atoms with van der Waals surface area (Å²) in [6.07, 6.45) is 6.37. The largest absolute Gasteiger partial charge is 0.354 e. The normalized spacial score (nSPS) is 29.1. The summed E-state index contributed by atoms with van der Waals surface area (Å²) in [6, 6.07) is 0.368. The van der Waals surface area contributed by atoms with Gasteiger partial charge in [0.1, 0.15) is 0 Å². The van der Waals surface area contributed by atoms with Crippen molar-refractivity contribution in [3.05, 3.63) is 0 Å². The topological polar surface area (TPSA) is 41.1 Å². The van der Waals surface area contributed by atoms with Crippen molar-refractivity contribution >= 4 is 5.91 Å². The molecule has 86 valence electrons. The van der Waals surface area contributed by atoms with Gasteiger partial charge in [-0.1, -0.05) is 12.8 Å². The van der Waals surface area contributed by atoms with Gasteiger partial charge in [0.2, 0.25) is 5.91 Å². The zero-order valence-corrected chi connectivity index (χ0v) is 9.81. The Balaban J connectivity index is 1.74. The first-order chi connectivity index (χ1) is 7.18. The maximum absolute atomic E-state index is 11.8. The van der Waals surface area contributed by atoms with Gasteiger partial charge in [-0.15, -0.1) is 0 Å². The smallest absolute Gasteiger partial charge is 0.223 e. The minimum absolute atomic E-state index is 0.291. The summed E-state index contributed by atoms with van der Waals surface area (Å²) in [4.78, 5) is 11.8. The van der Waals surface area contributed by atoms with Gasteiger partial charge in [-0.2, -0.15) is 0 Å². The first kappa shape index (κ1) is 10.9. The van der Waals surface area contributed by atoms with E-state index in [0.717, 1.165) is 13.0 Å². The number of carbonyl (C=O) groups is 1. The summed E-state index contributed by atoms with van der Waals surface area (Å²) in [5.41, 5.74) is 0.437. The lowest BCUT2D eigenvalue weighted by molar-refractivity contribution is -0.123. The van der Waals surface area contributed by atoms with Crippen LogP contribution < -0.4 is 10.6 Å². The van der Waals surface area contributed by atoms with Gasteiger partial charge in [-0.25, -0.2) is 0 Å². The Morgan fingerprint density at radius 3 is 2.73 bits per heavy atom. The van der Waals surface area contributed by atoms with Crippen LogP contribution >= 0.6 is 0 Å². The van der Waals surface area contributed by atoms with Gasteiger partial charge in [0.25, 0.3) is 0 Å². The van der Waals surface area contributed by atoms with E-state index in [1.54, 1.807) is 0 Å². The molecule has 1 spiro atoms. The molecule has 2 unspecified atom stereocenters. The fraction of sp³-hybridized carbons (Fsp3) is 0.917. The second-order valence-corrected chi connectivity index (χ2v) is 5.26. The van der Waals surface area contributed by atoms with Gasteiger partial charge in [-0.3, -0.25) is 4.79 Å². The van der Waals surface area contributed by atoms with Gasteiger partial charge in [0, 0.05) is 18.5 Å². The van der Waals surface area contributed by atoms with Crippen LogP contribution in [0.5, 0.6) is 0 Å². The SMILES string of the molecule is CNC(C)CNC(=O)C1CC12CCCC2. The summed E-state index contributed by atoms with van der Waals surface area (Å²) in [5.74, 6) is 0.628. The molecule has 2 saturated carbocycles. The third-order valence-electron chi connectivity index (χ3n) is 4.18. The Morgan fingerprint density at radius 2 is 2.13 bits per heavy atom. The van der Waals surface area contributed by atoms with Crippen molar-refractivity contribution in [2.24, 2.45) is 11.3 Å². The molecule has 3 nitrogen and oxygen atoms in total. The van der Waals surface area contributed by atoms with Crippen molar-refractivity contribution < 1.29 is 4.79 Å². The zero-order chi connectivity index (χ0) is 10.9. The van der Waals surface area contributed by atoms with E-state index in [1.165, 1.54) is 25.7 Å². The molecule has 0 bridgehead atoms. The Hall–Kier alpha value is -0.570. The van der Waals surface area contributed by atoms with Crippen LogP contribution in [0.2, 0.25) is 0 Å². The predicted molar refractivity (Wildman–Crippen MR) is 60.5 cm³/mol. The molecule has 0 aromatic heterocycles. The van der Waals surface area contributed by atoms with Crippen LogP contribution in [0.15, 0.2) is 0 Å². The van der Waals surface area contributed by atoms with Crippen LogP contribution in [-0.4, -0.2) is 25.5 Å². The average Bonchev–Trinajstić information content (AvgIpc) is 2.73. The third-order valence-corrected chi connectivity index (χ3v) is 4.18. The maximum Gasteiger partial charge on any atom is 0.223 e. The Bertz CT molecular complexity index is 246. The molecular formula is C12H22N2O. The van der Waals surface area contributed by atoms with Crippen molar-refractivity contribution in [2.45, 2.75) is 45.1 Å². The van der Waals surface area contributed by atoms with E-state index < -0.39 is 0 Å². The van der Waals surface area contributed by atoms with E-state index in [4.69, 9.17) is 0 Å². The summed E-state index contributed by atoms with van der Waals surface area (Å²) in [5, 5.41) is 6.17. The highest BCUT2D eigenvalue weighted by atomic mass is 16.2. The van der Waals surface area contributed by atoms with Gasteiger partial charge >= 0.3 is 0 Å². The number of likely N-dealkylation sites (N-methyl/N-ethyl adjacent to an activating group) is 1. The monoisotopic (exact) mass is 210 g/mol. The van der Waals surface area contributed by atoms with E-state index in [2.05, 4.69) is 17.6 Å². The maximum atomic E-state index is 11.8. The van der Waals surface area contributed by atoms with Crippen LogP contribution in [0.1, 0.15) is 39.0 Å². The quantitative estimate of drug-likeness (QED) is 0.734. The van der Waals surface area contributed by atoms with Crippen LogP contribution in [0.4, 0.5) is 0 Å². The van der Waals surface area contributed by atoms with Gasteiger partial charge in [-0.05, 0) is 38.6 Å². The second-order valence-electron chi connectivity index (χ2n) is 5.26. The highest BCUT2D eigenvalue weighted by molar-refractivity contribution is 5.82. The summed E-state index contributed by atoms with van der Waals surface area (Å²) >= 11 is 0. The molecule has 2 atom stereocenters. The Kier molecular flexibility index (Phi) is 3.01. The van der Waals surface area contributed by atoms with Crippen molar-refractivity contribution in [3.63, 3.8) is 0 Å². The fourth-order valence-corrected chi connectivity index (χ4v) is 2.83. The first-order valence-corrected chi connectivity index (χ1v) is 6.13. The molecule has 2 fully saturated rings. The van der Waals surface area contributed by atoms with Crippen molar-refractivity contribution in [2.75, 3.05) is 13.6 Å². The minimum atomic E-state index is 0.291. The van der Waals surface area contributed by atoms with E-state index >= 15 is 0 Å². The zero-order valence-electron chi connectivity index (χ0n) is 9.81. The lowest BCUT2D eigenvalue weighted by atomic mass is 10.0. The molecule has 0 heterocycles. The van der Waals surface area contributed by atoms with E-state index in [0.29, 0.717) is 23.3 Å². The van der Waals surface area contributed by atoms with Crippen molar-refractivity contribution in [1.29, 1.82) is 0 Å². The van der Waals surface area contributed by atoms with E-state index in [-0.39, 0.29) is 0 Å². The average molecular weight is 210 g/mol. The molecule has 1 amide bonds. The molecule has 0 radical (unpaired) electrons. The summed E-state index contributed by atoms with van der Waals surface area (Å²) < 4.78 is 0. The van der Waals surface area contributed by atoms with Crippen LogP contribution in [0.25, 0.3) is 0 Å². The second kappa shape index (κ2) is 4.12. The van der Waals surface area contributed by atoms with Crippen molar-refractivity contribution in [1.82, 2.24) is 10.6 Å². The summed E-state index contributed by atoms with van der Waals surface area (Å²) in [7, 11) is 1.92. The van der Waals surface area contributed by atoms with Crippen LogP contribution in [-0.2, 0) is 4.79 Å². The predicted octanol–water partition coefficient (Wildman–Crippen LogP) is 1.29. The Morgan fingerprint density at radius 1 is 1.47 bits per heavy atom. The highest BCUT2D eigenvalue weighted by Crippen LogP contribution is 2.62. The number of carbonyl (C=O) groups excluding carboxylic acids is 1. The molecule has 2 N–H and O–H groups in total. The van der Waals surface area contributed by atoms with Crippen LogP contribution in [0.3, 0.4) is 0 Å². The van der Waals surface area contributed by atoms with E-state index in [1.807, 2.05) is 7.05 Å². The number of hydrogen-bond donors (Lipinski definition) is 2. The molecular weight excluding hydrogens is 188 g/mol. The molecule has 2 aliphatic rings. The fourth-order valence-electron chi connectivity index (χ4n) is 2.83. The molecule has 15 heavy (non-hydrogen) atoms. The number of amides is 1. The van der Waals surface area contributed by atoms with E-state index in [9.17, 15) is 4.79 Å². The van der Waals surface area contributed by atoms with Gasteiger partial charge in [0.15, 0.2) is 0 Å². The molecule has 3 heteroatoms. The molecule has 0 saturated heterocycles. The number of hydrogen-bond acceptors (Lipinski definition) is 2. The van der Waals surface area contributed by atoms with Gasteiger partial charge in [0.05, 0.1) is 0 Å². The molecule has 2 aliphatic carbocycles. The number of rotatable bonds is 4. The van der Waals surface area contributed by atoms with Crippen molar-refractivity contribution in [3.8, 4) is 0 Å². The number of nitrogens with one attached hydrogen (secondary N) is 2. The molecule has 2 rings (SSSR count). The van der Waals surface area contributed by atoms with Crippen LogP contribution in [0, 0.1) is 11.3 Å². The molecule has 0 aliphatic heterocycles. The molecule has 0 aromatic rings. The lowest BCUT2D eigenvalue weighted by Gasteiger charge is -2.12. The Labute approximate surface area is 92.0 Å². The standard InChI is InChI=1S/C12H22N2O/c1-9(13-2)8-14-11(15)10-7-12(10)5-3-4-6-12/h9-10,13H,3-8H2,1-2H3,(H,14,15). The lowest BCUT2D eigenvalue weighted by Crippen LogP contribution is -2.38. The third kappa shape index (κ3) is 2.17. The minimum Gasteiger partial charge on any atom is -0.354 e. The summed E-state index contributed by atoms with van der Waals surface area (Å²) in [6.45, 7) is 2.83. The molecule has 0 aromatic carbocycles.